The Hall–Kier alpha value is -5.38. The highest BCUT2D eigenvalue weighted by molar-refractivity contribution is 7.26. The fourth-order valence-corrected chi connectivity index (χ4v) is 10.7. The number of fused-ring (bicyclic) bond motifs is 14. The highest BCUT2D eigenvalue weighted by Gasteiger charge is 2.38. The van der Waals surface area contributed by atoms with Crippen molar-refractivity contribution in [2.24, 2.45) is 0 Å². The van der Waals surface area contributed by atoms with Crippen LogP contribution in [0.4, 0.5) is 0 Å². The van der Waals surface area contributed by atoms with E-state index in [9.17, 15) is 0 Å². The zero-order chi connectivity index (χ0) is 34.2. The number of para-hydroxylation sites is 2. The summed E-state index contributed by atoms with van der Waals surface area (Å²) in [6.07, 6.45) is 2.37. The van der Waals surface area contributed by atoms with Gasteiger partial charge in [0.25, 0.3) is 0 Å². The van der Waals surface area contributed by atoms with Gasteiger partial charge in [-0.1, -0.05) is 119 Å². The molecule has 0 atom stereocenters. The van der Waals surface area contributed by atoms with Gasteiger partial charge >= 0.3 is 0 Å². The lowest BCUT2D eigenvalue weighted by molar-refractivity contribution is 0.332. The maximum absolute atomic E-state index is 2.60. The fraction of sp³-hybridized carbons (Fsp3) is 0.167. The normalized spacial score (nSPS) is 15.6. The summed E-state index contributed by atoms with van der Waals surface area (Å²) in [6.45, 7) is 9.78. The van der Waals surface area contributed by atoms with Crippen molar-refractivity contribution in [3.63, 3.8) is 0 Å². The summed E-state index contributed by atoms with van der Waals surface area (Å²) in [5, 5.41) is 10.5. The molecule has 0 aliphatic heterocycles. The molecule has 11 rings (SSSR count). The first-order valence-corrected chi connectivity index (χ1v) is 19.1. The third-order valence-corrected chi connectivity index (χ3v) is 13.4. The fourth-order valence-electron chi connectivity index (χ4n) is 9.50. The van der Waals surface area contributed by atoms with Crippen LogP contribution in [0.1, 0.15) is 51.7 Å². The SMILES string of the molecule is CC1(C)CCC(C)(C)c2cc3c(cc21)c1c2ccccc2c2c4ccccc4n(-c4cccc5c4sc4ccccc45)c2c1n3-c1ccccc1. The average molecular weight is 675 g/mol. The van der Waals surface area contributed by atoms with Crippen LogP contribution in [-0.2, 0) is 10.8 Å². The van der Waals surface area contributed by atoms with Gasteiger partial charge in [0.1, 0.15) is 0 Å². The Morgan fingerprint density at radius 3 is 1.78 bits per heavy atom. The topological polar surface area (TPSA) is 9.86 Å². The van der Waals surface area contributed by atoms with Crippen LogP contribution in [0.3, 0.4) is 0 Å². The smallest absolute Gasteiger partial charge is 0.0795 e. The minimum Gasteiger partial charge on any atom is -0.307 e. The molecule has 3 heterocycles. The van der Waals surface area contributed by atoms with Crippen molar-refractivity contribution in [2.75, 3.05) is 0 Å². The monoisotopic (exact) mass is 674 g/mol. The van der Waals surface area contributed by atoms with E-state index in [0.717, 1.165) is 0 Å². The van der Waals surface area contributed by atoms with E-state index in [2.05, 4.69) is 170 Å². The predicted molar refractivity (Wildman–Crippen MR) is 221 cm³/mol. The van der Waals surface area contributed by atoms with Gasteiger partial charge in [0.2, 0.25) is 0 Å². The molecule has 246 valence electrons. The molecule has 1 aliphatic rings. The van der Waals surface area contributed by atoms with Crippen molar-refractivity contribution in [1.82, 2.24) is 9.13 Å². The summed E-state index contributed by atoms with van der Waals surface area (Å²) in [7, 11) is 0. The second-order valence-corrected chi connectivity index (χ2v) is 17.0. The molecule has 0 saturated heterocycles. The van der Waals surface area contributed by atoms with Crippen LogP contribution >= 0.6 is 11.3 Å². The number of rotatable bonds is 2. The molecule has 0 N–H and O–H groups in total. The Morgan fingerprint density at radius 2 is 1.04 bits per heavy atom. The average Bonchev–Trinajstić information content (AvgIpc) is 3.82. The van der Waals surface area contributed by atoms with Crippen LogP contribution in [-0.4, -0.2) is 9.13 Å². The van der Waals surface area contributed by atoms with Gasteiger partial charge in [0.15, 0.2) is 0 Å². The lowest BCUT2D eigenvalue weighted by Gasteiger charge is -2.42. The quantitative estimate of drug-likeness (QED) is 0.173. The van der Waals surface area contributed by atoms with Gasteiger partial charge in [0.05, 0.1) is 32.5 Å². The number of benzene rings is 7. The zero-order valence-electron chi connectivity index (χ0n) is 29.4. The summed E-state index contributed by atoms with van der Waals surface area (Å²) < 4.78 is 7.84. The molecular formula is C48H38N2S. The van der Waals surface area contributed by atoms with Crippen molar-refractivity contribution in [1.29, 1.82) is 0 Å². The third kappa shape index (κ3) is 3.88. The molecule has 0 saturated carbocycles. The van der Waals surface area contributed by atoms with Gasteiger partial charge in [0, 0.05) is 42.7 Å². The van der Waals surface area contributed by atoms with E-state index < -0.39 is 0 Å². The molecule has 0 radical (unpaired) electrons. The van der Waals surface area contributed by atoms with Crippen LogP contribution in [0, 0.1) is 0 Å². The first-order valence-electron chi connectivity index (χ1n) is 18.2. The number of hydrogen-bond donors (Lipinski definition) is 0. The van der Waals surface area contributed by atoms with E-state index in [-0.39, 0.29) is 10.8 Å². The van der Waals surface area contributed by atoms with E-state index >= 15 is 0 Å². The lowest BCUT2D eigenvalue weighted by Crippen LogP contribution is -2.33. The zero-order valence-corrected chi connectivity index (χ0v) is 30.2. The molecule has 10 aromatic rings. The first kappa shape index (κ1) is 29.4. The first-order chi connectivity index (χ1) is 24.8. The summed E-state index contributed by atoms with van der Waals surface area (Å²) in [5.74, 6) is 0. The van der Waals surface area contributed by atoms with Crippen LogP contribution in [0.25, 0.3) is 85.9 Å². The summed E-state index contributed by atoms with van der Waals surface area (Å²) >= 11 is 1.91. The molecule has 3 heteroatoms. The Bertz CT molecular complexity index is 3080. The highest BCUT2D eigenvalue weighted by Crippen LogP contribution is 2.52. The van der Waals surface area contributed by atoms with Gasteiger partial charge in [-0.15, -0.1) is 11.3 Å². The van der Waals surface area contributed by atoms with Crippen LogP contribution < -0.4 is 0 Å². The van der Waals surface area contributed by atoms with Crippen LogP contribution in [0.2, 0.25) is 0 Å². The van der Waals surface area contributed by atoms with E-state index in [4.69, 9.17) is 0 Å². The summed E-state index contributed by atoms with van der Waals surface area (Å²) in [6, 6.07) is 50.2. The molecule has 0 amide bonds. The summed E-state index contributed by atoms with van der Waals surface area (Å²) in [4.78, 5) is 0. The van der Waals surface area contributed by atoms with Gasteiger partial charge in [-0.3, -0.25) is 0 Å². The van der Waals surface area contributed by atoms with Crippen molar-refractivity contribution in [3.05, 3.63) is 145 Å². The second kappa shape index (κ2) is 10.1. The number of thiophene rings is 1. The molecule has 0 fully saturated rings. The Morgan fingerprint density at radius 1 is 0.471 bits per heavy atom. The lowest BCUT2D eigenvalue weighted by atomic mass is 9.63. The van der Waals surface area contributed by atoms with Crippen molar-refractivity contribution in [2.45, 2.75) is 51.4 Å². The maximum Gasteiger partial charge on any atom is 0.0795 e. The molecule has 7 aromatic carbocycles. The van der Waals surface area contributed by atoms with Crippen LogP contribution in [0.5, 0.6) is 0 Å². The number of aromatic nitrogens is 2. The van der Waals surface area contributed by atoms with E-state index in [0.29, 0.717) is 0 Å². The number of nitrogens with zero attached hydrogens (tertiary/aromatic N) is 2. The van der Waals surface area contributed by atoms with Gasteiger partial charge in [-0.05, 0) is 88.0 Å². The molecule has 0 unspecified atom stereocenters. The van der Waals surface area contributed by atoms with E-state index in [1.807, 2.05) is 11.3 Å². The Kier molecular flexibility index (Phi) is 5.82. The van der Waals surface area contributed by atoms with Gasteiger partial charge in [-0.2, -0.15) is 0 Å². The Labute approximate surface area is 301 Å². The van der Waals surface area contributed by atoms with Crippen LogP contribution in [0.15, 0.2) is 133 Å². The summed E-state index contributed by atoms with van der Waals surface area (Å²) in [5.41, 5.74) is 10.7. The molecule has 51 heavy (non-hydrogen) atoms. The Balaban J connectivity index is 1.45. The predicted octanol–water partition coefficient (Wildman–Crippen LogP) is 13.8. The molecule has 2 nitrogen and oxygen atoms in total. The minimum atomic E-state index is 0.0973. The highest BCUT2D eigenvalue weighted by atomic mass is 32.1. The standard InChI is InChI=1S/C48H38N2S/c1-47(2)25-26-48(3,4)37-28-40-35(27-36(37)47)43-32-19-9-8-18-31(32)42-34-20-10-12-22-38(34)50(45(42)44(43)49(40)29-15-6-5-7-16-29)39-23-14-21-33-30-17-11-13-24-41(30)51-46(33)39/h5-24,27-28H,25-26H2,1-4H3. The van der Waals surface area contributed by atoms with Crippen molar-refractivity contribution >= 4 is 85.9 Å². The van der Waals surface area contributed by atoms with Crippen molar-refractivity contribution in [3.8, 4) is 11.4 Å². The van der Waals surface area contributed by atoms with Crippen molar-refractivity contribution < 1.29 is 0 Å². The van der Waals surface area contributed by atoms with Gasteiger partial charge in [-0.25, -0.2) is 0 Å². The molecule has 3 aromatic heterocycles. The molecular weight excluding hydrogens is 637 g/mol. The molecule has 0 spiro atoms. The van der Waals surface area contributed by atoms with Gasteiger partial charge < -0.3 is 9.13 Å². The largest absolute Gasteiger partial charge is 0.307 e. The second-order valence-electron chi connectivity index (χ2n) is 16.0. The minimum absolute atomic E-state index is 0.0973. The third-order valence-electron chi connectivity index (χ3n) is 12.1. The molecule has 0 bridgehead atoms. The molecule has 1 aliphatic carbocycles. The number of hydrogen-bond acceptors (Lipinski definition) is 1. The van der Waals surface area contributed by atoms with E-state index in [1.54, 1.807) is 0 Å². The maximum atomic E-state index is 2.60. The van der Waals surface area contributed by atoms with E-state index in [1.165, 1.54) is 110 Å².